The summed E-state index contributed by atoms with van der Waals surface area (Å²) in [5.41, 5.74) is 4.90. The lowest BCUT2D eigenvalue weighted by molar-refractivity contribution is -0.120. The molecule has 7 nitrogen and oxygen atoms in total. The molecule has 0 aliphatic rings. The number of amides is 2. The number of nitrogens with one attached hydrogen (secondary N) is 2. The zero-order chi connectivity index (χ0) is 25.5. The van der Waals surface area contributed by atoms with Gasteiger partial charge in [-0.05, 0) is 70.6 Å². The van der Waals surface area contributed by atoms with E-state index < -0.39 is 11.9 Å². The van der Waals surface area contributed by atoms with Crippen molar-refractivity contribution in [1.29, 1.82) is 0 Å². The second-order valence-corrected chi connectivity index (χ2v) is 9.07. The Kier molecular flexibility index (Phi) is 8.06. The lowest BCUT2D eigenvalue weighted by Gasteiger charge is -2.11. The van der Waals surface area contributed by atoms with Crippen molar-refractivity contribution in [2.45, 2.75) is 6.92 Å². The molecule has 0 aliphatic heterocycles. The summed E-state index contributed by atoms with van der Waals surface area (Å²) in [6.07, 6.45) is 1.43. The van der Waals surface area contributed by atoms with Crippen LogP contribution in [0.2, 0.25) is 0 Å². The summed E-state index contributed by atoms with van der Waals surface area (Å²) in [5, 5.41) is 8.35. The normalized spacial score (nSPS) is 10.8. The van der Waals surface area contributed by atoms with Crippen molar-refractivity contribution in [1.82, 2.24) is 10.7 Å². The minimum absolute atomic E-state index is 0.244. The van der Waals surface area contributed by atoms with Gasteiger partial charge in [-0.3, -0.25) is 9.59 Å². The lowest BCUT2D eigenvalue weighted by atomic mass is 10.0. The van der Waals surface area contributed by atoms with Crippen LogP contribution < -0.4 is 15.5 Å². The number of hydrogen-bond donors (Lipinski definition) is 2. The number of hydrazone groups is 1. The van der Waals surface area contributed by atoms with E-state index in [4.69, 9.17) is 4.74 Å². The van der Waals surface area contributed by atoms with Gasteiger partial charge in [0.05, 0.1) is 23.9 Å². The van der Waals surface area contributed by atoms with Crippen LogP contribution in [0.4, 0.5) is 0 Å². The van der Waals surface area contributed by atoms with Gasteiger partial charge in [0.15, 0.2) is 0 Å². The third kappa shape index (κ3) is 6.14. The van der Waals surface area contributed by atoms with Crippen molar-refractivity contribution >= 4 is 57.4 Å². The smallest absolute Gasteiger partial charge is 0.343 e. The fourth-order valence-electron chi connectivity index (χ4n) is 3.46. The van der Waals surface area contributed by atoms with Crippen molar-refractivity contribution in [3.8, 4) is 5.75 Å². The molecule has 0 spiro atoms. The molecule has 0 unspecified atom stereocenters. The fourth-order valence-corrected chi connectivity index (χ4v) is 4.09. The van der Waals surface area contributed by atoms with Crippen LogP contribution in [0.1, 0.15) is 31.8 Å². The van der Waals surface area contributed by atoms with Gasteiger partial charge < -0.3 is 10.1 Å². The Labute approximate surface area is 221 Å². The van der Waals surface area contributed by atoms with Crippen LogP contribution in [0.15, 0.2) is 90.0 Å². The highest BCUT2D eigenvalue weighted by Crippen LogP contribution is 2.27. The maximum atomic E-state index is 12.7. The van der Waals surface area contributed by atoms with Gasteiger partial charge in [0, 0.05) is 9.13 Å². The molecule has 0 bridgehead atoms. The number of hydrogen-bond acceptors (Lipinski definition) is 5. The van der Waals surface area contributed by atoms with Crippen LogP contribution in [0.3, 0.4) is 0 Å². The largest absolute Gasteiger partial charge is 0.422 e. The number of esters is 1. The number of carbonyl (C=O) groups excluding carboxylic acids is 3. The van der Waals surface area contributed by atoms with E-state index >= 15 is 0 Å². The van der Waals surface area contributed by atoms with Crippen LogP contribution in [-0.4, -0.2) is 30.5 Å². The zero-order valence-electron chi connectivity index (χ0n) is 19.3. The number of fused-ring (bicyclic) bond motifs is 1. The molecule has 0 saturated heterocycles. The average Bonchev–Trinajstić information content (AvgIpc) is 2.89. The fraction of sp³-hybridized carbons (Fsp3) is 0.0714. The van der Waals surface area contributed by atoms with E-state index in [0.717, 1.165) is 19.9 Å². The van der Waals surface area contributed by atoms with Gasteiger partial charge in [-0.25, -0.2) is 10.2 Å². The molecule has 0 atom stereocenters. The third-order valence-electron chi connectivity index (χ3n) is 5.33. The van der Waals surface area contributed by atoms with Crippen molar-refractivity contribution in [3.05, 3.63) is 111 Å². The predicted molar refractivity (Wildman–Crippen MR) is 147 cm³/mol. The average molecular weight is 591 g/mol. The summed E-state index contributed by atoms with van der Waals surface area (Å²) >= 11 is 2.06. The van der Waals surface area contributed by atoms with Crippen LogP contribution in [0.25, 0.3) is 10.8 Å². The number of rotatable bonds is 7. The molecule has 180 valence electrons. The standard InChI is InChI=1S/C28H22IN3O4/c1-18-10-12-20(13-11-18)28(35)36-25-15-14-19-6-2-3-7-21(19)23(25)16-31-32-26(33)17-30-27(34)22-8-4-5-9-24(22)29/h2-16H,17H2,1H3,(H,30,34)(H,32,33). The van der Waals surface area contributed by atoms with Gasteiger partial charge in [-0.1, -0.05) is 60.2 Å². The first-order chi connectivity index (χ1) is 17.4. The molecule has 2 N–H and O–H groups in total. The molecule has 0 saturated carbocycles. The minimum atomic E-state index is -0.498. The number of carbonyl (C=O) groups is 3. The molecule has 0 fully saturated rings. The van der Waals surface area contributed by atoms with E-state index in [0.29, 0.717) is 22.4 Å². The van der Waals surface area contributed by atoms with Crippen molar-refractivity contribution < 1.29 is 19.1 Å². The first-order valence-corrected chi connectivity index (χ1v) is 12.2. The predicted octanol–water partition coefficient (Wildman–Crippen LogP) is 4.85. The van der Waals surface area contributed by atoms with Crippen LogP contribution in [-0.2, 0) is 4.79 Å². The summed E-state index contributed by atoms with van der Waals surface area (Å²) < 4.78 is 6.46. The van der Waals surface area contributed by atoms with Gasteiger partial charge >= 0.3 is 5.97 Å². The van der Waals surface area contributed by atoms with Crippen LogP contribution >= 0.6 is 22.6 Å². The van der Waals surface area contributed by atoms with Gasteiger partial charge in [0.2, 0.25) is 0 Å². The monoisotopic (exact) mass is 591 g/mol. The molecule has 0 aliphatic carbocycles. The molecular formula is C28H22IN3O4. The van der Waals surface area contributed by atoms with E-state index in [9.17, 15) is 14.4 Å². The molecule has 0 radical (unpaired) electrons. The summed E-state index contributed by atoms with van der Waals surface area (Å²) in [7, 11) is 0. The Morgan fingerprint density at radius 3 is 2.42 bits per heavy atom. The SMILES string of the molecule is Cc1ccc(C(=O)Oc2ccc3ccccc3c2C=NNC(=O)CNC(=O)c2ccccc2I)cc1. The highest BCUT2D eigenvalue weighted by Gasteiger charge is 2.14. The Morgan fingerprint density at radius 2 is 1.64 bits per heavy atom. The Balaban J connectivity index is 1.47. The van der Waals surface area contributed by atoms with Crippen LogP contribution in [0.5, 0.6) is 5.75 Å². The maximum Gasteiger partial charge on any atom is 0.343 e. The molecule has 8 heteroatoms. The second kappa shape index (κ2) is 11.6. The van der Waals surface area contributed by atoms with Gasteiger partial charge in [-0.2, -0.15) is 5.10 Å². The first kappa shape index (κ1) is 25.1. The Hall–Kier alpha value is -4.05. The van der Waals surface area contributed by atoms with E-state index in [1.54, 1.807) is 30.3 Å². The topological polar surface area (TPSA) is 96.9 Å². The van der Waals surface area contributed by atoms with Crippen molar-refractivity contribution in [2.24, 2.45) is 5.10 Å². The van der Waals surface area contributed by atoms with E-state index in [1.165, 1.54) is 6.21 Å². The maximum absolute atomic E-state index is 12.7. The number of aryl methyl sites for hydroxylation is 1. The van der Waals surface area contributed by atoms with Crippen molar-refractivity contribution in [3.63, 3.8) is 0 Å². The summed E-state index contributed by atoms with van der Waals surface area (Å²) in [6.45, 7) is 1.70. The number of halogens is 1. The highest BCUT2D eigenvalue weighted by atomic mass is 127. The first-order valence-electron chi connectivity index (χ1n) is 11.1. The number of benzene rings is 4. The molecule has 4 aromatic rings. The van der Waals surface area contributed by atoms with E-state index in [2.05, 4.69) is 38.4 Å². The number of ether oxygens (including phenoxy) is 1. The summed E-state index contributed by atoms with van der Waals surface area (Å²) in [6, 6.07) is 25.3. The molecule has 4 rings (SSSR count). The molecule has 36 heavy (non-hydrogen) atoms. The van der Waals surface area contributed by atoms with Gasteiger partial charge in [0.25, 0.3) is 11.8 Å². The van der Waals surface area contributed by atoms with Gasteiger partial charge in [-0.15, -0.1) is 0 Å². The molecule has 2 amide bonds. The number of nitrogens with zero attached hydrogens (tertiary/aromatic N) is 1. The Morgan fingerprint density at radius 1 is 0.917 bits per heavy atom. The summed E-state index contributed by atoms with van der Waals surface area (Å²) in [5.74, 6) is -1.03. The second-order valence-electron chi connectivity index (χ2n) is 7.91. The molecular weight excluding hydrogens is 569 g/mol. The molecule has 4 aromatic carbocycles. The van der Waals surface area contributed by atoms with E-state index in [-0.39, 0.29) is 12.5 Å². The molecule has 0 aromatic heterocycles. The lowest BCUT2D eigenvalue weighted by Crippen LogP contribution is -2.35. The van der Waals surface area contributed by atoms with E-state index in [1.807, 2.05) is 61.5 Å². The Bertz CT molecular complexity index is 1470. The third-order valence-corrected chi connectivity index (χ3v) is 6.27. The zero-order valence-corrected chi connectivity index (χ0v) is 21.5. The van der Waals surface area contributed by atoms with Crippen LogP contribution in [0, 0.1) is 10.5 Å². The quantitative estimate of drug-likeness (QED) is 0.106. The summed E-state index contributed by atoms with van der Waals surface area (Å²) in [4.78, 5) is 37.3. The minimum Gasteiger partial charge on any atom is -0.422 e. The van der Waals surface area contributed by atoms with Crippen molar-refractivity contribution in [2.75, 3.05) is 6.54 Å². The highest BCUT2D eigenvalue weighted by molar-refractivity contribution is 14.1. The van der Waals surface area contributed by atoms with Gasteiger partial charge in [0.1, 0.15) is 5.75 Å². The molecule has 0 heterocycles.